The average molecular weight is 974 g/mol. The number of carbonyl (C=O) groups excluding carboxylic acids is 6. The van der Waals surface area contributed by atoms with E-state index in [2.05, 4.69) is 16.0 Å². The number of carboxylic acids is 1. The Kier molecular flexibility index (Phi) is 19.3. The fourth-order valence-electron chi connectivity index (χ4n) is 5.63. The highest BCUT2D eigenvalue weighted by Crippen LogP contribution is 2.38. The first-order chi connectivity index (χ1) is 31.9. The van der Waals surface area contributed by atoms with Crippen LogP contribution in [-0.4, -0.2) is 123 Å². The number of carbonyl (C=O) groups is 7. The van der Waals surface area contributed by atoms with Gasteiger partial charge in [0.15, 0.2) is 48.5 Å². The van der Waals surface area contributed by atoms with E-state index in [4.69, 9.17) is 50.3 Å². The van der Waals surface area contributed by atoms with Gasteiger partial charge in [-0.25, -0.2) is 4.79 Å². The number of rotatable bonds is 23. The normalized spacial score (nSPS) is 13.3. The van der Waals surface area contributed by atoms with E-state index >= 15 is 0 Å². The van der Waals surface area contributed by atoms with Crippen molar-refractivity contribution in [2.45, 2.75) is 64.1 Å². The Balaban J connectivity index is 2.61. The highest BCUT2D eigenvalue weighted by atomic mass is 16.6. The first kappa shape index (κ1) is 55.5. The summed E-state index contributed by atoms with van der Waals surface area (Å²) in [4.78, 5) is 115. The molecule has 0 fully saturated rings. The summed E-state index contributed by atoms with van der Waals surface area (Å²) < 4.78 is 0. The zero-order valence-electron chi connectivity index (χ0n) is 36.5. The van der Waals surface area contributed by atoms with Gasteiger partial charge in [0.25, 0.3) is 40.9 Å². The zero-order chi connectivity index (χ0) is 52.7. The molecule has 69 heavy (non-hydrogen) atoms. The number of aliphatic hydroxyl groups is 1. The Morgan fingerprint density at radius 1 is 0.638 bits per heavy atom. The number of nitro groups is 2. The number of hydrogen-bond acceptors (Lipinski definition) is 17. The van der Waals surface area contributed by atoms with Gasteiger partial charge >= 0.3 is 5.97 Å². The maximum atomic E-state index is 14.1. The molecule has 374 valence electrons. The van der Waals surface area contributed by atoms with Crippen LogP contribution in [0.4, 0.5) is 17.1 Å². The van der Waals surface area contributed by atoms with Crippen molar-refractivity contribution >= 4 is 82.3 Å². The van der Waals surface area contributed by atoms with Crippen LogP contribution in [0.2, 0.25) is 0 Å². The molecule has 34 heteroatoms. The van der Waals surface area contributed by atoms with Gasteiger partial charge in [0.05, 0.1) is 21.5 Å². The number of hydrogen-bond donors (Lipinski definition) is 20. The number of primary amides is 1. The molecular formula is C35H51N21O13. The number of nitrogens with zero attached hydrogens (tertiary/aromatic N) is 3. The minimum atomic E-state index is -2.58. The van der Waals surface area contributed by atoms with Gasteiger partial charge in [0, 0.05) is 12.6 Å². The highest BCUT2D eigenvalue weighted by Gasteiger charge is 2.39. The Hall–Kier alpha value is -9.63. The number of anilines is 1. The molecule has 0 aromatic heterocycles. The maximum Gasteiger partial charge on any atom is 0.338 e. The smallest absolute Gasteiger partial charge is 0.338 e. The van der Waals surface area contributed by atoms with Crippen LogP contribution in [0.1, 0.15) is 49.2 Å². The predicted molar refractivity (Wildman–Crippen MR) is 239 cm³/mol. The molecule has 6 unspecified atom stereocenters. The number of guanidine groups is 4. The Bertz CT molecular complexity index is 2340. The third-order valence-electron chi connectivity index (χ3n) is 8.73. The second kappa shape index (κ2) is 24.1. The standard InChI is InChI=1S/C35H51N21O13/c1-35(2,3)9-10-54(18-15(30(64)65)11-14(55(66)67)12-16(18)56(68)69)29(63)28(62)45-17(13-7-5-4-6-8-13)24(58)47-21(51-32(39)40)26(60)49-23(53-34(43)44)27(61)48-22(52-33(41)42)25(59)46-20(19(36)57)50-31(37)38/h4-8,11-12,17,20-23,29,63H,9-10H2,1-3H3,(H2,36,57)(H,45,62)(H,46,59)(H,47,58)(H,48,61)(H,49,60)(H,64,65)(H4,37,38,50)(H4,39,40,51)(H4,41,42,52)(H4,43,44,53). The molecule has 2 aromatic carbocycles. The van der Waals surface area contributed by atoms with Crippen molar-refractivity contribution in [1.82, 2.24) is 47.9 Å². The van der Waals surface area contributed by atoms with Gasteiger partial charge in [-0.15, -0.1) is 0 Å². The topological polar surface area (TPSA) is 583 Å². The fourth-order valence-corrected chi connectivity index (χ4v) is 5.63. The summed E-state index contributed by atoms with van der Waals surface area (Å²) in [6.07, 6.45) is -10.9. The van der Waals surface area contributed by atoms with Gasteiger partial charge in [-0.2, -0.15) is 0 Å². The molecule has 0 aliphatic rings. The van der Waals surface area contributed by atoms with Crippen LogP contribution < -0.4 is 81.4 Å². The van der Waals surface area contributed by atoms with Crippen molar-refractivity contribution < 1.29 is 53.6 Å². The minimum absolute atomic E-state index is 0.00755. The number of non-ortho nitro benzene ring substituents is 1. The SMILES string of the molecule is CC(C)(C)CCN(c1c(C(=O)O)cc([N+](=O)[O-])cc1[N+](=O)[O-])C(O)C(=O)NC(C(=O)NC(NC(=N)N)C(=O)NC(NC(=N)N)C(=O)NC(NC(=N)N)C(=O)NC(NC(=N)N)C(N)=O)c1ccccc1. The fraction of sp³-hybridized carbons (Fsp3) is 0.343. The zero-order valence-corrected chi connectivity index (χ0v) is 36.5. The summed E-state index contributed by atoms with van der Waals surface area (Å²) >= 11 is 0. The number of nitrogens with one attached hydrogen (secondary N) is 13. The van der Waals surface area contributed by atoms with E-state index in [0.717, 1.165) is 0 Å². The lowest BCUT2D eigenvalue weighted by atomic mass is 9.91. The molecule has 6 atom stereocenters. The molecular weight excluding hydrogens is 923 g/mol. The van der Waals surface area contributed by atoms with Crippen molar-refractivity contribution in [3.63, 3.8) is 0 Å². The largest absolute Gasteiger partial charge is 0.478 e. The molecule has 0 radical (unpaired) electrons. The number of aliphatic hydroxyl groups excluding tert-OH is 1. The van der Waals surface area contributed by atoms with Crippen molar-refractivity contribution in [1.29, 1.82) is 21.6 Å². The number of nitro benzene ring substituents is 2. The first-order valence-corrected chi connectivity index (χ1v) is 19.4. The van der Waals surface area contributed by atoms with E-state index in [9.17, 15) is 64.0 Å². The van der Waals surface area contributed by atoms with Crippen LogP contribution in [0.5, 0.6) is 0 Å². The predicted octanol–water partition coefficient (Wildman–Crippen LogP) is -6.19. The van der Waals surface area contributed by atoms with E-state index in [0.29, 0.717) is 17.0 Å². The van der Waals surface area contributed by atoms with E-state index < -0.39 is 147 Å². The molecule has 25 N–H and O–H groups in total. The number of amides is 6. The highest BCUT2D eigenvalue weighted by molar-refractivity contribution is 6.01. The Morgan fingerprint density at radius 2 is 1.06 bits per heavy atom. The number of benzene rings is 2. The van der Waals surface area contributed by atoms with Crippen molar-refractivity contribution in [2.24, 2.45) is 34.1 Å². The second-order valence-corrected chi connectivity index (χ2v) is 15.3. The maximum absolute atomic E-state index is 14.1. The molecule has 0 saturated carbocycles. The third-order valence-corrected chi connectivity index (χ3v) is 8.73. The molecule has 0 saturated heterocycles. The van der Waals surface area contributed by atoms with Crippen LogP contribution in [0.3, 0.4) is 0 Å². The summed E-state index contributed by atoms with van der Waals surface area (Å²) in [7, 11) is 0. The number of carboxylic acid groups (broad SMARTS) is 1. The molecule has 2 aromatic rings. The van der Waals surface area contributed by atoms with Gasteiger partial charge in [-0.1, -0.05) is 51.1 Å². The number of aromatic carboxylic acids is 1. The lowest BCUT2D eigenvalue weighted by Crippen LogP contribution is -2.68. The van der Waals surface area contributed by atoms with Gasteiger partial charge in [0.1, 0.15) is 11.7 Å². The van der Waals surface area contributed by atoms with E-state index in [-0.39, 0.29) is 12.0 Å². The molecule has 6 amide bonds. The summed E-state index contributed by atoms with van der Waals surface area (Å²) in [5.41, 5.74) is 21.7. The van der Waals surface area contributed by atoms with E-state index in [1.54, 1.807) is 20.8 Å². The van der Waals surface area contributed by atoms with E-state index in [1.807, 2.05) is 31.9 Å². The Labute approximate surface area is 388 Å². The quantitative estimate of drug-likeness (QED) is 0.0162. The van der Waals surface area contributed by atoms with Crippen molar-refractivity contribution in [2.75, 3.05) is 11.4 Å². The van der Waals surface area contributed by atoms with Crippen molar-refractivity contribution in [3.05, 3.63) is 73.8 Å². The summed E-state index contributed by atoms with van der Waals surface area (Å²) in [6.45, 7) is 4.60. The summed E-state index contributed by atoms with van der Waals surface area (Å²) in [5.74, 6) is -14.1. The molecule has 34 nitrogen and oxygen atoms in total. The first-order valence-electron chi connectivity index (χ1n) is 19.4. The lowest BCUT2D eigenvalue weighted by molar-refractivity contribution is -0.393. The van der Waals surface area contributed by atoms with Gasteiger partial charge in [-0.05, 0) is 17.4 Å². The number of nitrogens with two attached hydrogens (primary N) is 5. The summed E-state index contributed by atoms with van der Waals surface area (Å²) in [5, 5.41) is 94.3. The van der Waals surface area contributed by atoms with E-state index in [1.165, 1.54) is 30.3 Å². The lowest BCUT2D eigenvalue weighted by Gasteiger charge is -2.33. The third kappa shape index (κ3) is 17.0. The van der Waals surface area contributed by atoms with Crippen molar-refractivity contribution in [3.8, 4) is 0 Å². The van der Waals surface area contributed by atoms with Crippen LogP contribution >= 0.6 is 0 Å². The molecule has 0 heterocycles. The van der Waals surface area contributed by atoms with Crippen LogP contribution in [0.15, 0.2) is 42.5 Å². The molecule has 0 spiro atoms. The van der Waals surface area contributed by atoms with Crippen LogP contribution in [0.25, 0.3) is 0 Å². The summed E-state index contributed by atoms with van der Waals surface area (Å²) in [6, 6.07) is 5.82. The van der Waals surface area contributed by atoms with Gasteiger partial charge in [-0.3, -0.25) is 70.6 Å². The molecule has 2 rings (SSSR count). The average Bonchev–Trinajstić information content (AvgIpc) is 3.23. The molecule has 0 aliphatic carbocycles. The van der Waals surface area contributed by atoms with Gasteiger partial charge < -0.3 is 91.6 Å². The van der Waals surface area contributed by atoms with Gasteiger partial charge in [0.2, 0.25) is 12.1 Å². The van der Waals surface area contributed by atoms with Crippen LogP contribution in [0, 0.1) is 47.3 Å². The van der Waals surface area contributed by atoms with Crippen LogP contribution in [-0.2, 0) is 28.8 Å². The minimum Gasteiger partial charge on any atom is -0.478 e. The second-order valence-electron chi connectivity index (χ2n) is 15.3. The monoisotopic (exact) mass is 973 g/mol. The molecule has 0 aliphatic heterocycles. The molecule has 0 bridgehead atoms. The Morgan fingerprint density at radius 3 is 1.43 bits per heavy atom.